The number of rotatable bonds is 2. The Morgan fingerprint density at radius 3 is 2.80 bits per heavy atom. The molecule has 1 rings (SSSR count). The molecule has 0 unspecified atom stereocenters. The number of ether oxygens (including phenoxy) is 1. The van der Waals surface area contributed by atoms with Crippen LogP contribution in [0.15, 0.2) is 0 Å². The zero-order chi connectivity index (χ0) is 7.56. The van der Waals surface area contributed by atoms with Crippen molar-refractivity contribution in [1.82, 2.24) is 10.2 Å². The Morgan fingerprint density at radius 2 is 2.40 bits per heavy atom. The molecule has 0 aliphatic heterocycles. The van der Waals surface area contributed by atoms with Gasteiger partial charge in [-0.3, -0.25) is 5.10 Å². The number of H-pyrrole nitrogens is 1. The number of aryl methyl sites for hydroxylation is 1. The molecule has 1 heterocycles. The highest BCUT2D eigenvalue weighted by Gasteiger charge is 2.08. The molecule has 0 aliphatic rings. The van der Waals surface area contributed by atoms with Crippen molar-refractivity contribution in [2.75, 3.05) is 0 Å². The molecule has 0 spiro atoms. The summed E-state index contributed by atoms with van der Waals surface area (Å²) >= 11 is 0. The van der Waals surface area contributed by atoms with Crippen LogP contribution in [0.1, 0.15) is 5.56 Å². The Balaban J connectivity index is 2.65. The minimum atomic E-state index is -2.82. The van der Waals surface area contributed by atoms with Crippen LogP contribution in [0.2, 0.25) is 0 Å². The summed E-state index contributed by atoms with van der Waals surface area (Å²) in [5, 5.41) is 5.64. The van der Waals surface area contributed by atoms with Crippen LogP contribution in [0, 0.1) is 13.1 Å². The first-order valence-corrected chi connectivity index (χ1v) is 2.57. The van der Waals surface area contributed by atoms with E-state index in [0.29, 0.717) is 5.56 Å². The molecule has 0 bridgehead atoms. The number of hydrogen-bond donors (Lipinski definition) is 1. The van der Waals surface area contributed by atoms with Gasteiger partial charge in [-0.2, -0.15) is 8.78 Å². The van der Waals surface area contributed by atoms with Crippen molar-refractivity contribution in [2.45, 2.75) is 13.5 Å². The average Bonchev–Trinajstić information content (AvgIpc) is 2.15. The molecule has 1 radical (unpaired) electrons. The molecule has 0 atom stereocenters. The van der Waals surface area contributed by atoms with E-state index in [0.717, 1.165) is 0 Å². The highest BCUT2D eigenvalue weighted by molar-refractivity contribution is 5.18. The fourth-order valence-corrected chi connectivity index (χ4v) is 0.499. The maximum Gasteiger partial charge on any atom is 0.388 e. The van der Waals surface area contributed by atoms with Crippen LogP contribution >= 0.6 is 0 Å². The van der Waals surface area contributed by atoms with Gasteiger partial charge >= 0.3 is 6.61 Å². The number of aromatic nitrogens is 2. The molecule has 0 amide bonds. The normalized spacial score (nSPS) is 10.4. The summed E-state index contributed by atoms with van der Waals surface area (Å²) in [5.41, 5.74) is 0.445. The van der Waals surface area contributed by atoms with E-state index < -0.39 is 6.61 Å². The third-order valence-electron chi connectivity index (χ3n) is 0.922. The van der Waals surface area contributed by atoms with Gasteiger partial charge in [-0.15, -0.1) is 5.10 Å². The Morgan fingerprint density at radius 1 is 1.70 bits per heavy atom. The lowest BCUT2D eigenvalue weighted by atomic mass is 10.4. The van der Waals surface area contributed by atoms with Gasteiger partial charge < -0.3 is 4.74 Å². The zero-order valence-corrected chi connectivity index (χ0v) is 5.19. The lowest BCUT2D eigenvalue weighted by Crippen LogP contribution is -2.02. The Labute approximate surface area is 56.0 Å². The lowest BCUT2D eigenvalue weighted by Gasteiger charge is -1.98. The number of nitrogens with one attached hydrogen (secondary N) is 1. The summed E-state index contributed by atoms with van der Waals surface area (Å²) in [4.78, 5) is 0. The van der Waals surface area contributed by atoms with Crippen molar-refractivity contribution in [2.24, 2.45) is 0 Å². The van der Waals surface area contributed by atoms with Crippen LogP contribution in [0.5, 0.6) is 5.88 Å². The van der Waals surface area contributed by atoms with Crippen molar-refractivity contribution in [3.05, 3.63) is 11.8 Å². The highest BCUT2D eigenvalue weighted by Crippen LogP contribution is 2.13. The van der Waals surface area contributed by atoms with Gasteiger partial charge in [-0.05, 0) is 6.92 Å². The first-order chi connectivity index (χ1) is 4.70. The first-order valence-electron chi connectivity index (χ1n) is 2.57. The molecule has 0 fully saturated rings. The third kappa shape index (κ3) is 1.43. The molecular weight excluding hydrogens is 142 g/mol. The van der Waals surface area contributed by atoms with E-state index in [-0.39, 0.29) is 5.88 Å². The summed E-state index contributed by atoms with van der Waals surface area (Å²) < 4.78 is 27.0. The van der Waals surface area contributed by atoms with Gasteiger partial charge in [0.15, 0.2) is 0 Å². The molecule has 1 aromatic heterocycles. The second-order valence-corrected chi connectivity index (χ2v) is 1.66. The van der Waals surface area contributed by atoms with Crippen LogP contribution < -0.4 is 4.74 Å². The predicted octanol–water partition coefficient (Wildman–Crippen LogP) is 1.12. The van der Waals surface area contributed by atoms with Gasteiger partial charge in [0.1, 0.15) is 0 Å². The van der Waals surface area contributed by atoms with Gasteiger partial charge in [0, 0.05) is 5.56 Å². The number of nitrogens with zero attached hydrogens (tertiary/aromatic N) is 1. The van der Waals surface area contributed by atoms with Crippen LogP contribution in [0.3, 0.4) is 0 Å². The van der Waals surface area contributed by atoms with Gasteiger partial charge in [-0.1, -0.05) is 0 Å². The largest absolute Gasteiger partial charge is 0.415 e. The summed E-state index contributed by atoms with van der Waals surface area (Å²) in [5.74, 6) is -0.102. The quantitative estimate of drug-likeness (QED) is 0.680. The molecule has 0 aliphatic carbocycles. The number of aromatic amines is 1. The highest BCUT2D eigenvalue weighted by atomic mass is 19.3. The molecule has 1 aromatic rings. The second kappa shape index (κ2) is 2.64. The molecule has 5 heteroatoms. The summed E-state index contributed by atoms with van der Waals surface area (Å²) in [6, 6.07) is 0. The number of hydrogen-bond acceptors (Lipinski definition) is 2. The van der Waals surface area contributed by atoms with Crippen molar-refractivity contribution in [1.29, 1.82) is 0 Å². The van der Waals surface area contributed by atoms with E-state index >= 15 is 0 Å². The summed E-state index contributed by atoms with van der Waals surface area (Å²) in [7, 11) is 0. The molecule has 0 saturated carbocycles. The standard InChI is InChI=1S/C5H5F2N2O/c1-3-2-8-9-4(3)10-5(6)7/h5H,1H3,(H,8,9). The Bertz CT molecular complexity index is 211. The van der Waals surface area contributed by atoms with E-state index in [4.69, 9.17) is 0 Å². The second-order valence-electron chi connectivity index (χ2n) is 1.66. The molecule has 0 aromatic carbocycles. The van der Waals surface area contributed by atoms with E-state index in [1.54, 1.807) is 6.92 Å². The van der Waals surface area contributed by atoms with Crippen LogP contribution in [0.4, 0.5) is 8.78 Å². The molecular formula is C5H5F2N2O. The smallest absolute Gasteiger partial charge is 0.388 e. The molecule has 3 nitrogen and oxygen atoms in total. The topological polar surface area (TPSA) is 37.9 Å². The SMILES string of the molecule is Cc1[c][nH]nc1OC(F)F. The molecule has 1 N–H and O–H groups in total. The minimum absolute atomic E-state index is 0.102. The van der Waals surface area contributed by atoms with Crippen molar-refractivity contribution >= 4 is 0 Å². The molecule has 10 heavy (non-hydrogen) atoms. The van der Waals surface area contributed by atoms with Gasteiger partial charge in [0.2, 0.25) is 5.88 Å². The molecule has 0 saturated heterocycles. The zero-order valence-electron chi connectivity index (χ0n) is 5.19. The van der Waals surface area contributed by atoms with Crippen molar-refractivity contribution in [3.63, 3.8) is 0 Å². The maximum absolute atomic E-state index is 11.5. The van der Waals surface area contributed by atoms with Gasteiger partial charge in [0.05, 0.1) is 6.20 Å². The maximum atomic E-state index is 11.5. The first kappa shape index (κ1) is 6.98. The van der Waals surface area contributed by atoms with Gasteiger partial charge in [0.25, 0.3) is 0 Å². The minimum Gasteiger partial charge on any atom is -0.415 e. The van der Waals surface area contributed by atoms with Crippen molar-refractivity contribution < 1.29 is 13.5 Å². The van der Waals surface area contributed by atoms with Crippen LogP contribution in [0.25, 0.3) is 0 Å². The molecule has 55 valence electrons. The number of halogens is 2. The predicted molar refractivity (Wildman–Crippen MR) is 28.8 cm³/mol. The van der Waals surface area contributed by atoms with Crippen LogP contribution in [-0.4, -0.2) is 16.8 Å². The van der Waals surface area contributed by atoms with Gasteiger partial charge in [-0.25, -0.2) is 0 Å². The van der Waals surface area contributed by atoms with Crippen LogP contribution in [-0.2, 0) is 0 Å². The third-order valence-corrected chi connectivity index (χ3v) is 0.922. The fraction of sp³-hybridized carbons (Fsp3) is 0.400. The van der Waals surface area contributed by atoms with E-state index in [1.165, 1.54) is 0 Å². The van der Waals surface area contributed by atoms with Crippen molar-refractivity contribution in [3.8, 4) is 5.88 Å². The fourth-order valence-electron chi connectivity index (χ4n) is 0.499. The summed E-state index contributed by atoms with van der Waals surface area (Å²) in [6.45, 7) is -1.25. The Hall–Kier alpha value is -1.13. The van der Waals surface area contributed by atoms with E-state index in [9.17, 15) is 8.78 Å². The average molecular weight is 147 g/mol. The lowest BCUT2D eigenvalue weighted by molar-refractivity contribution is -0.0533. The van der Waals surface area contributed by atoms with E-state index in [1.807, 2.05) is 0 Å². The monoisotopic (exact) mass is 147 g/mol. The summed E-state index contributed by atoms with van der Waals surface area (Å²) in [6.07, 6.45) is 2.48. The van der Waals surface area contributed by atoms with E-state index in [2.05, 4.69) is 21.1 Å². The Kier molecular flexibility index (Phi) is 1.84. The number of alkyl halides is 2.